The minimum absolute atomic E-state index is 0.0646. The predicted octanol–water partition coefficient (Wildman–Crippen LogP) is 3.97. The summed E-state index contributed by atoms with van der Waals surface area (Å²) in [5.41, 5.74) is 5.55. The van der Waals surface area contributed by atoms with Crippen molar-refractivity contribution >= 4 is 64.0 Å². The fraction of sp³-hybridized carbons (Fsp3) is 0.186. The van der Waals surface area contributed by atoms with Gasteiger partial charge in [-0.3, -0.25) is 38.6 Å². The number of alkyl halides is 1. The topological polar surface area (TPSA) is 253 Å². The summed E-state index contributed by atoms with van der Waals surface area (Å²) in [4.78, 5) is 86.7. The number of carboxylic acid groups (broad SMARTS) is 4. The Kier molecular flexibility index (Phi) is 16.1. The van der Waals surface area contributed by atoms with Crippen LogP contribution in [0.3, 0.4) is 0 Å². The van der Waals surface area contributed by atoms with Crippen molar-refractivity contribution in [3.05, 3.63) is 120 Å². The highest BCUT2D eigenvalue weighted by molar-refractivity contribution is 14.1. The number of halogens is 1. The standard InChI is InChI=1S/C43H38IN7O10/c44-20-38(52)48-31-15-13-29(14-16-31)43(61)45-17-3-4-27-9-11-28(12-10-27)30-18-36(34-7-1-5-32(46-34)21-50(23-39(53)54)24-40(55)56)49-37(19-30)35-8-2-6-33(47-35)22-51(25-41(57)58)26-42(59)60/h1-2,5-16,18-19H,17,20-26H2,(H,45,61)(H,48,52)(H,53,54)(H,55,56)(H,57,58)(H,59,60). The van der Waals surface area contributed by atoms with Crippen LogP contribution < -0.4 is 10.6 Å². The number of anilines is 1. The molecule has 3 aromatic heterocycles. The minimum atomic E-state index is -1.19. The van der Waals surface area contributed by atoms with E-state index in [-0.39, 0.29) is 31.4 Å². The number of aromatic nitrogens is 3. The average Bonchev–Trinajstić information content (AvgIpc) is 3.22. The first kappa shape index (κ1) is 45.0. The van der Waals surface area contributed by atoms with Gasteiger partial charge in [-0.15, -0.1) is 0 Å². The summed E-state index contributed by atoms with van der Waals surface area (Å²) in [6.07, 6.45) is 0. The quantitative estimate of drug-likeness (QED) is 0.0389. The molecule has 5 rings (SSSR count). The molecule has 2 amide bonds. The molecule has 61 heavy (non-hydrogen) atoms. The number of rotatable bonds is 19. The molecule has 0 bridgehead atoms. The van der Waals surface area contributed by atoms with Crippen molar-refractivity contribution in [1.29, 1.82) is 0 Å². The molecule has 0 saturated carbocycles. The monoisotopic (exact) mass is 939 g/mol. The molecule has 312 valence electrons. The third kappa shape index (κ3) is 14.3. The normalized spacial score (nSPS) is 10.7. The van der Waals surface area contributed by atoms with Crippen molar-refractivity contribution in [3.8, 4) is 45.7 Å². The van der Waals surface area contributed by atoms with Crippen LogP contribution in [-0.2, 0) is 37.1 Å². The van der Waals surface area contributed by atoms with Gasteiger partial charge < -0.3 is 31.1 Å². The van der Waals surface area contributed by atoms with Crippen LogP contribution in [0.1, 0.15) is 27.3 Å². The first-order valence-corrected chi connectivity index (χ1v) is 19.9. The van der Waals surface area contributed by atoms with Crippen LogP contribution in [-0.4, -0.2) is 118 Å². The van der Waals surface area contributed by atoms with Gasteiger partial charge >= 0.3 is 23.9 Å². The van der Waals surface area contributed by atoms with Crippen molar-refractivity contribution in [1.82, 2.24) is 30.1 Å². The number of carboxylic acids is 4. The minimum Gasteiger partial charge on any atom is -0.480 e. The molecule has 6 N–H and O–H groups in total. The second kappa shape index (κ2) is 21.8. The van der Waals surface area contributed by atoms with Gasteiger partial charge in [0, 0.05) is 29.9 Å². The van der Waals surface area contributed by atoms with Crippen LogP contribution in [0.25, 0.3) is 33.9 Å². The molecule has 0 aliphatic heterocycles. The second-order valence-electron chi connectivity index (χ2n) is 13.3. The number of nitrogens with one attached hydrogen (secondary N) is 2. The maximum atomic E-state index is 12.6. The van der Waals surface area contributed by atoms with Crippen molar-refractivity contribution in [3.63, 3.8) is 0 Å². The van der Waals surface area contributed by atoms with E-state index in [1.807, 2.05) is 46.9 Å². The highest BCUT2D eigenvalue weighted by atomic mass is 127. The number of aliphatic carboxylic acids is 4. The molecule has 17 nitrogen and oxygen atoms in total. The highest BCUT2D eigenvalue weighted by Crippen LogP contribution is 2.30. The average molecular weight is 940 g/mol. The number of benzene rings is 2. The Hall–Kier alpha value is -7.08. The summed E-state index contributed by atoms with van der Waals surface area (Å²) >= 11 is 1.96. The van der Waals surface area contributed by atoms with Crippen LogP contribution in [0.5, 0.6) is 0 Å². The van der Waals surface area contributed by atoms with E-state index in [0.717, 1.165) is 5.56 Å². The third-order valence-electron chi connectivity index (χ3n) is 8.51. The summed E-state index contributed by atoms with van der Waals surface area (Å²) in [7, 11) is 0. The van der Waals surface area contributed by atoms with Gasteiger partial charge in [-0.05, 0) is 83.9 Å². The van der Waals surface area contributed by atoms with E-state index >= 15 is 0 Å². The van der Waals surface area contributed by atoms with Gasteiger partial charge in [0.25, 0.3) is 5.91 Å². The number of hydrogen-bond acceptors (Lipinski definition) is 11. The molecule has 0 saturated heterocycles. The fourth-order valence-electron chi connectivity index (χ4n) is 5.96. The number of hydrogen-bond donors (Lipinski definition) is 6. The summed E-state index contributed by atoms with van der Waals surface area (Å²) in [6.45, 7) is -2.10. The van der Waals surface area contributed by atoms with Crippen LogP contribution in [0.4, 0.5) is 5.69 Å². The zero-order valence-corrected chi connectivity index (χ0v) is 34.4. The summed E-state index contributed by atoms with van der Waals surface area (Å²) in [6, 6.07) is 27.5. The Morgan fingerprint density at radius 3 is 1.54 bits per heavy atom. The lowest BCUT2D eigenvalue weighted by Gasteiger charge is -2.18. The van der Waals surface area contributed by atoms with Crippen LogP contribution in [0, 0.1) is 11.8 Å². The van der Waals surface area contributed by atoms with Gasteiger partial charge in [-0.1, -0.05) is 58.7 Å². The van der Waals surface area contributed by atoms with E-state index < -0.39 is 50.1 Å². The molecule has 0 aliphatic carbocycles. The van der Waals surface area contributed by atoms with Crippen LogP contribution >= 0.6 is 22.6 Å². The van der Waals surface area contributed by atoms with Gasteiger partial charge in [-0.2, -0.15) is 0 Å². The van der Waals surface area contributed by atoms with E-state index in [9.17, 15) is 49.2 Å². The Bertz CT molecular complexity index is 2360. The maximum absolute atomic E-state index is 12.6. The van der Waals surface area contributed by atoms with E-state index in [4.69, 9.17) is 15.0 Å². The zero-order chi connectivity index (χ0) is 43.9. The lowest BCUT2D eigenvalue weighted by atomic mass is 10.0. The Morgan fingerprint density at radius 2 is 1.08 bits per heavy atom. The number of amides is 2. The van der Waals surface area contributed by atoms with E-state index in [2.05, 4.69) is 22.5 Å². The second-order valence-corrected chi connectivity index (χ2v) is 14.1. The number of pyridine rings is 3. The summed E-state index contributed by atoms with van der Waals surface area (Å²) in [5, 5.41) is 42.8. The Labute approximate surface area is 362 Å². The zero-order valence-electron chi connectivity index (χ0n) is 32.2. The molecular weight excluding hydrogens is 901 g/mol. The van der Waals surface area contributed by atoms with Gasteiger partial charge in [0.1, 0.15) is 0 Å². The molecule has 0 atom stereocenters. The molecular formula is C43H38IN7O10. The Balaban J connectivity index is 1.42. The molecule has 0 radical (unpaired) electrons. The molecule has 3 heterocycles. The molecule has 5 aromatic rings. The highest BCUT2D eigenvalue weighted by Gasteiger charge is 2.18. The van der Waals surface area contributed by atoms with Gasteiger partial charge in [0.2, 0.25) is 5.91 Å². The predicted molar refractivity (Wildman–Crippen MR) is 230 cm³/mol. The maximum Gasteiger partial charge on any atom is 0.317 e. The summed E-state index contributed by atoms with van der Waals surface area (Å²) < 4.78 is 0.310. The first-order valence-electron chi connectivity index (χ1n) is 18.3. The lowest BCUT2D eigenvalue weighted by Crippen LogP contribution is -2.34. The molecule has 2 aromatic carbocycles. The van der Waals surface area contributed by atoms with Gasteiger partial charge in [-0.25, -0.2) is 15.0 Å². The SMILES string of the molecule is O=C(O)CN(CC(=O)O)Cc1cccc(-c2cc(-c3ccc(C#CCNC(=O)c4ccc(NC(=O)CI)cc4)cc3)cc(-c3cccc(CN(CC(=O)O)CC(=O)O)n3)n2)n1. The van der Waals surface area contributed by atoms with Gasteiger partial charge in [0.15, 0.2) is 0 Å². The largest absolute Gasteiger partial charge is 0.480 e. The fourth-order valence-corrected chi connectivity index (χ4v) is 6.15. The lowest BCUT2D eigenvalue weighted by molar-refractivity contribution is -0.144. The van der Waals surface area contributed by atoms with Crippen molar-refractivity contribution < 1.29 is 49.2 Å². The first-order chi connectivity index (χ1) is 29.2. The molecule has 0 spiro atoms. The van der Waals surface area contributed by atoms with Crippen molar-refractivity contribution in [2.75, 3.05) is 42.5 Å². The van der Waals surface area contributed by atoms with Crippen LogP contribution in [0.2, 0.25) is 0 Å². The number of carbonyl (C=O) groups is 6. The molecule has 0 aliphatic rings. The molecule has 0 fully saturated rings. The van der Waals surface area contributed by atoms with E-state index in [1.165, 1.54) is 9.80 Å². The Morgan fingerprint density at radius 1 is 0.590 bits per heavy atom. The smallest absolute Gasteiger partial charge is 0.317 e. The van der Waals surface area contributed by atoms with Crippen molar-refractivity contribution in [2.45, 2.75) is 13.1 Å². The number of nitrogens with zero attached hydrogens (tertiary/aromatic N) is 5. The van der Waals surface area contributed by atoms with Gasteiger partial charge in [0.05, 0.1) is 71.3 Å². The van der Waals surface area contributed by atoms with E-state index in [0.29, 0.717) is 61.0 Å². The molecule has 18 heteroatoms. The van der Waals surface area contributed by atoms with E-state index in [1.54, 1.807) is 72.8 Å². The summed E-state index contributed by atoms with van der Waals surface area (Å²) in [5.74, 6) is 0.740. The third-order valence-corrected chi connectivity index (χ3v) is 9.20. The number of carbonyl (C=O) groups excluding carboxylic acids is 2. The molecule has 0 unspecified atom stereocenters. The van der Waals surface area contributed by atoms with Crippen molar-refractivity contribution in [2.24, 2.45) is 0 Å². The van der Waals surface area contributed by atoms with Crippen LogP contribution in [0.15, 0.2) is 97.1 Å².